The van der Waals surface area contributed by atoms with Crippen LogP contribution in [-0.2, 0) is 10.0 Å². The molecule has 0 unspecified atom stereocenters. The third-order valence-corrected chi connectivity index (χ3v) is 3.26. The zero-order valence-electron chi connectivity index (χ0n) is 9.47. The fourth-order valence-electron chi connectivity index (χ4n) is 1.08. The van der Waals surface area contributed by atoms with Gasteiger partial charge in [0.2, 0.25) is 10.0 Å². The lowest BCUT2D eigenvalue weighted by atomic mass is 10.3. The molecule has 0 fully saturated rings. The van der Waals surface area contributed by atoms with Crippen LogP contribution in [0.5, 0.6) is 0 Å². The Bertz CT molecular complexity index is 426. The molecule has 90 valence electrons. The number of rotatable bonds is 5. The highest BCUT2D eigenvalue weighted by Gasteiger charge is 2.10. The van der Waals surface area contributed by atoms with Gasteiger partial charge >= 0.3 is 0 Å². The van der Waals surface area contributed by atoms with Gasteiger partial charge in [-0.3, -0.25) is 4.72 Å². The molecule has 1 aromatic carbocycles. The molecule has 1 rings (SSSR count). The average molecular weight is 243 g/mol. The van der Waals surface area contributed by atoms with Crippen LogP contribution < -0.4 is 10.5 Å². The number of benzene rings is 1. The summed E-state index contributed by atoms with van der Waals surface area (Å²) in [7, 11) is 0.389. The van der Waals surface area contributed by atoms with Crippen molar-refractivity contribution in [3.63, 3.8) is 0 Å². The number of anilines is 2. The van der Waals surface area contributed by atoms with Crippen LogP contribution in [-0.4, -0.2) is 39.7 Å². The average Bonchev–Trinajstić information content (AvgIpc) is 2.19. The molecule has 0 atom stereocenters. The molecule has 0 spiro atoms. The van der Waals surface area contributed by atoms with Crippen LogP contribution in [0.3, 0.4) is 0 Å². The Labute approximate surface area is 96.3 Å². The minimum absolute atomic E-state index is 0.0738. The Morgan fingerprint density at radius 1 is 1.25 bits per heavy atom. The van der Waals surface area contributed by atoms with Crippen LogP contribution in [0, 0.1) is 0 Å². The summed E-state index contributed by atoms with van der Waals surface area (Å²) in [5.74, 6) is 0.0738. The normalized spacial score (nSPS) is 11.7. The van der Waals surface area contributed by atoms with E-state index in [1.807, 2.05) is 19.0 Å². The van der Waals surface area contributed by atoms with Crippen LogP contribution in [0.2, 0.25) is 0 Å². The van der Waals surface area contributed by atoms with Gasteiger partial charge in [-0.1, -0.05) is 0 Å². The summed E-state index contributed by atoms with van der Waals surface area (Å²) in [5, 5.41) is 0. The molecule has 6 heteroatoms. The smallest absolute Gasteiger partial charge is 0.233 e. The van der Waals surface area contributed by atoms with Crippen LogP contribution >= 0.6 is 0 Å². The summed E-state index contributed by atoms with van der Waals surface area (Å²) in [6.45, 7) is 0.490. The highest BCUT2D eigenvalue weighted by atomic mass is 32.2. The molecular weight excluding hydrogens is 226 g/mol. The predicted octanol–water partition coefficient (Wildman–Crippen LogP) is 0.572. The Balaban J connectivity index is 2.62. The minimum atomic E-state index is -3.28. The van der Waals surface area contributed by atoms with Gasteiger partial charge in [0.25, 0.3) is 0 Å². The van der Waals surface area contributed by atoms with Crippen LogP contribution in [0.25, 0.3) is 0 Å². The quantitative estimate of drug-likeness (QED) is 0.741. The van der Waals surface area contributed by atoms with E-state index in [4.69, 9.17) is 5.73 Å². The standard InChI is InChI=1S/C10H17N3O2S/c1-13(2)7-8-16(14,15)12-10-5-3-9(11)4-6-10/h3-6,12H,7-8,11H2,1-2H3. The van der Waals surface area contributed by atoms with Gasteiger partial charge in [-0.05, 0) is 38.4 Å². The Morgan fingerprint density at radius 3 is 2.31 bits per heavy atom. The lowest BCUT2D eigenvalue weighted by Gasteiger charge is -2.11. The minimum Gasteiger partial charge on any atom is -0.399 e. The Kier molecular flexibility index (Phi) is 4.14. The highest BCUT2D eigenvalue weighted by Crippen LogP contribution is 2.12. The molecule has 0 amide bonds. The van der Waals surface area contributed by atoms with E-state index < -0.39 is 10.0 Å². The van der Waals surface area contributed by atoms with E-state index in [1.54, 1.807) is 24.3 Å². The molecule has 0 radical (unpaired) electrons. The SMILES string of the molecule is CN(C)CCS(=O)(=O)Nc1ccc(N)cc1. The largest absolute Gasteiger partial charge is 0.399 e. The molecule has 1 aromatic rings. The number of hydrogen-bond donors (Lipinski definition) is 2. The first-order chi connectivity index (χ1) is 7.39. The first kappa shape index (κ1) is 12.8. The monoisotopic (exact) mass is 243 g/mol. The number of sulfonamides is 1. The van der Waals surface area contributed by atoms with Gasteiger partial charge in [0.1, 0.15) is 0 Å². The van der Waals surface area contributed by atoms with E-state index in [0.29, 0.717) is 17.9 Å². The van der Waals surface area contributed by atoms with Crippen molar-refractivity contribution in [1.29, 1.82) is 0 Å². The van der Waals surface area contributed by atoms with Gasteiger partial charge in [0, 0.05) is 17.9 Å². The zero-order valence-corrected chi connectivity index (χ0v) is 10.3. The highest BCUT2D eigenvalue weighted by molar-refractivity contribution is 7.92. The van der Waals surface area contributed by atoms with E-state index in [2.05, 4.69) is 4.72 Å². The van der Waals surface area contributed by atoms with Gasteiger partial charge in [0.05, 0.1) is 5.75 Å². The predicted molar refractivity (Wildman–Crippen MR) is 66.8 cm³/mol. The molecule has 0 aliphatic rings. The Hall–Kier alpha value is -1.27. The lowest BCUT2D eigenvalue weighted by Crippen LogP contribution is -2.26. The molecule has 0 aromatic heterocycles. The Morgan fingerprint density at radius 2 is 1.81 bits per heavy atom. The molecule has 0 bridgehead atoms. The molecule has 3 N–H and O–H groups in total. The van der Waals surface area contributed by atoms with Crippen LogP contribution in [0.1, 0.15) is 0 Å². The van der Waals surface area contributed by atoms with Gasteiger partial charge in [-0.2, -0.15) is 0 Å². The number of nitrogens with two attached hydrogens (primary N) is 1. The summed E-state index contributed by atoms with van der Waals surface area (Å²) in [6, 6.07) is 6.60. The molecule has 0 saturated heterocycles. The van der Waals surface area contributed by atoms with Crippen LogP contribution in [0.15, 0.2) is 24.3 Å². The number of nitrogen functional groups attached to an aromatic ring is 1. The molecule has 0 saturated carbocycles. The number of nitrogens with zero attached hydrogens (tertiary/aromatic N) is 1. The third-order valence-electron chi connectivity index (χ3n) is 1.99. The van der Waals surface area contributed by atoms with E-state index in [9.17, 15) is 8.42 Å². The van der Waals surface area contributed by atoms with Crippen molar-refractivity contribution in [2.75, 3.05) is 36.8 Å². The van der Waals surface area contributed by atoms with Crippen LogP contribution in [0.4, 0.5) is 11.4 Å². The fourth-order valence-corrected chi connectivity index (χ4v) is 2.29. The van der Waals surface area contributed by atoms with Gasteiger partial charge < -0.3 is 10.6 Å². The topological polar surface area (TPSA) is 75.4 Å². The van der Waals surface area contributed by atoms with E-state index in [1.165, 1.54) is 0 Å². The second-order valence-electron chi connectivity index (χ2n) is 3.85. The summed E-state index contributed by atoms with van der Waals surface area (Å²) in [4.78, 5) is 1.82. The molecular formula is C10H17N3O2S. The van der Waals surface area contributed by atoms with Crippen molar-refractivity contribution in [3.05, 3.63) is 24.3 Å². The van der Waals surface area contributed by atoms with Crippen molar-refractivity contribution >= 4 is 21.4 Å². The lowest BCUT2D eigenvalue weighted by molar-refractivity contribution is 0.432. The maximum atomic E-state index is 11.6. The second kappa shape index (κ2) is 5.18. The van der Waals surface area contributed by atoms with Gasteiger partial charge in [-0.15, -0.1) is 0 Å². The fraction of sp³-hybridized carbons (Fsp3) is 0.400. The number of nitrogens with one attached hydrogen (secondary N) is 1. The zero-order chi connectivity index (χ0) is 12.2. The first-order valence-corrected chi connectivity index (χ1v) is 6.55. The first-order valence-electron chi connectivity index (χ1n) is 4.90. The maximum absolute atomic E-state index is 11.6. The summed E-state index contributed by atoms with van der Waals surface area (Å²) >= 11 is 0. The molecule has 5 nitrogen and oxygen atoms in total. The van der Waals surface area contributed by atoms with Gasteiger partial charge in [-0.25, -0.2) is 8.42 Å². The van der Waals surface area contributed by atoms with E-state index in [-0.39, 0.29) is 5.75 Å². The van der Waals surface area contributed by atoms with Gasteiger partial charge in [0.15, 0.2) is 0 Å². The van der Waals surface area contributed by atoms with Crippen molar-refractivity contribution in [2.45, 2.75) is 0 Å². The second-order valence-corrected chi connectivity index (χ2v) is 5.69. The van der Waals surface area contributed by atoms with Crippen molar-refractivity contribution in [1.82, 2.24) is 4.90 Å². The van der Waals surface area contributed by atoms with Crippen molar-refractivity contribution in [3.8, 4) is 0 Å². The summed E-state index contributed by atoms with van der Waals surface area (Å²) in [5.41, 5.74) is 6.65. The maximum Gasteiger partial charge on any atom is 0.233 e. The molecule has 0 aliphatic heterocycles. The summed E-state index contributed by atoms with van der Waals surface area (Å²) < 4.78 is 25.7. The molecule has 0 heterocycles. The third kappa shape index (κ3) is 4.50. The summed E-state index contributed by atoms with van der Waals surface area (Å²) in [6.07, 6.45) is 0. The van der Waals surface area contributed by atoms with E-state index in [0.717, 1.165) is 0 Å². The van der Waals surface area contributed by atoms with E-state index >= 15 is 0 Å². The van der Waals surface area contributed by atoms with Crippen molar-refractivity contribution < 1.29 is 8.42 Å². The molecule has 16 heavy (non-hydrogen) atoms. The van der Waals surface area contributed by atoms with Crippen molar-refractivity contribution in [2.24, 2.45) is 0 Å². The number of hydrogen-bond acceptors (Lipinski definition) is 4. The molecule has 0 aliphatic carbocycles.